The summed E-state index contributed by atoms with van der Waals surface area (Å²) in [5, 5.41) is 10.5. The van der Waals surface area contributed by atoms with Crippen LogP contribution < -0.4 is 0 Å². The summed E-state index contributed by atoms with van der Waals surface area (Å²) in [4.78, 5) is 11.3. The van der Waals surface area contributed by atoms with E-state index in [1.165, 1.54) is 6.42 Å². The smallest absolute Gasteiger partial charge is 0.305 e. The third-order valence-corrected chi connectivity index (χ3v) is 3.73. The van der Waals surface area contributed by atoms with Gasteiger partial charge in [-0.05, 0) is 32.1 Å². The van der Waals surface area contributed by atoms with Crippen LogP contribution in [0.1, 0.15) is 58.8 Å². The highest BCUT2D eigenvalue weighted by Gasteiger charge is 2.37. The van der Waals surface area contributed by atoms with Gasteiger partial charge in [0.25, 0.3) is 0 Å². The van der Waals surface area contributed by atoms with Gasteiger partial charge < -0.3 is 9.84 Å². The molecule has 1 fully saturated rings. The van der Waals surface area contributed by atoms with E-state index in [9.17, 15) is 9.90 Å². The molecule has 2 unspecified atom stereocenters. The highest BCUT2D eigenvalue weighted by atomic mass is 16.5. The lowest BCUT2D eigenvalue weighted by Gasteiger charge is -2.39. The Morgan fingerprint density at radius 2 is 2.19 bits per heavy atom. The van der Waals surface area contributed by atoms with Crippen LogP contribution in [-0.2, 0) is 9.53 Å². The maximum absolute atomic E-state index is 11.3. The second-order valence-electron chi connectivity index (χ2n) is 4.76. The van der Waals surface area contributed by atoms with Crippen molar-refractivity contribution in [3.63, 3.8) is 0 Å². The maximum atomic E-state index is 11.3. The van der Waals surface area contributed by atoms with Crippen molar-refractivity contribution in [2.75, 3.05) is 6.61 Å². The molecule has 3 heteroatoms. The number of hydrogen-bond donors (Lipinski definition) is 1. The van der Waals surface area contributed by atoms with E-state index >= 15 is 0 Å². The topological polar surface area (TPSA) is 46.5 Å². The summed E-state index contributed by atoms with van der Waals surface area (Å²) in [5.74, 6) is 0.173. The molecular weight excluding hydrogens is 204 g/mol. The lowest BCUT2D eigenvalue weighted by atomic mass is 9.72. The van der Waals surface area contributed by atoms with E-state index in [1.54, 1.807) is 0 Å². The molecule has 0 aliphatic heterocycles. The molecule has 0 spiro atoms. The molecule has 16 heavy (non-hydrogen) atoms. The summed E-state index contributed by atoms with van der Waals surface area (Å²) in [6.07, 6.45) is 6.13. The highest BCUT2D eigenvalue weighted by Crippen LogP contribution is 2.38. The minimum absolute atomic E-state index is 0.184. The molecule has 1 aliphatic rings. The normalized spacial score (nSPS) is 30.1. The van der Waals surface area contributed by atoms with E-state index in [-0.39, 0.29) is 5.97 Å². The minimum Gasteiger partial charge on any atom is -0.466 e. The number of carbonyl (C=O) groups is 1. The predicted octanol–water partition coefficient (Wildman–Crippen LogP) is 2.66. The van der Waals surface area contributed by atoms with E-state index in [2.05, 4.69) is 6.92 Å². The van der Waals surface area contributed by atoms with Crippen LogP contribution >= 0.6 is 0 Å². The molecule has 0 aromatic heterocycles. The Labute approximate surface area is 98.2 Å². The van der Waals surface area contributed by atoms with Gasteiger partial charge in [0.15, 0.2) is 0 Å². The van der Waals surface area contributed by atoms with Gasteiger partial charge in [0.2, 0.25) is 0 Å². The molecular formula is C13H24O3. The Morgan fingerprint density at radius 1 is 1.44 bits per heavy atom. The van der Waals surface area contributed by atoms with Crippen molar-refractivity contribution >= 4 is 5.97 Å². The zero-order valence-corrected chi connectivity index (χ0v) is 10.5. The third-order valence-electron chi connectivity index (χ3n) is 3.73. The van der Waals surface area contributed by atoms with E-state index in [0.29, 0.717) is 25.4 Å². The number of ether oxygens (including phenoxy) is 1. The van der Waals surface area contributed by atoms with Crippen LogP contribution in [-0.4, -0.2) is 23.3 Å². The summed E-state index contributed by atoms with van der Waals surface area (Å²) < 4.78 is 4.90. The van der Waals surface area contributed by atoms with Crippen LogP contribution in [0.4, 0.5) is 0 Å². The Hall–Kier alpha value is -0.570. The lowest BCUT2D eigenvalue weighted by molar-refractivity contribution is -0.146. The van der Waals surface area contributed by atoms with Crippen LogP contribution in [0.2, 0.25) is 0 Å². The van der Waals surface area contributed by atoms with Crippen LogP contribution in [0.15, 0.2) is 0 Å². The number of aliphatic hydroxyl groups is 1. The van der Waals surface area contributed by atoms with Gasteiger partial charge in [0, 0.05) is 6.42 Å². The van der Waals surface area contributed by atoms with Crippen LogP contribution in [0, 0.1) is 5.92 Å². The summed E-state index contributed by atoms with van der Waals surface area (Å²) in [5.41, 5.74) is -0.625. The first kappa shape index (κ1) is 13.5. The summed E-state index contributed by atoms with van der Waals surface area (Å²) in [6.45, 7) is 4.35. The Bertz CT molecular complexity index is 227. The fourth-order valence-electron chi connectivity index (χ4n) is 2.76. The van der Waals surface area contributed by atoms with Crippen LogP contribution in [0.25, 0.3) is 0 Å². The second-order valence-corrected chi connectivity index (χ2v) is 4.76. The number of esters is 1. The molecule has 1 N–H and O–H groups in total. The van der Waals surface area contributed by atoms with Gasteiger partial charge in [0.1, 0.15) is 0 Å². The number of hydrogen-bond acceptors (Lipinski definition) is 3. The Morgan fingerprint density at radius 3 is 2.81 bits per heavy atom. The number of rotatable bonds is 5. The van der Waals surface area contributed by atoms with Gasteiger partial charge in [-0.25, -0.2) is 0 Å². The first-order valence-corrected chi connectivity index (χ1v) is 6.50. The van der Waals surface area contributed by atoms with Crippen molar-refractivity contribution in [1.82, 2.24) is 0 Å². The van der Waals surface area contributed by atoms with Gasteiger partial charge in [-0.1, -0.05) is 26.2 Å². The average molecular weight is 228 g/mol. The molecule has 0 amide bonds. The number of carbonyl (C=O) groups excluding carboxylic acids is 1. The van der Waals surface area contributed by atoms with E-state index in [1.807, 2.05) is 6.92 Å². The van der Waals surface area contributed by atoms with Gasteiger partial charge in [-0.15, -0.1) is 0 Å². The largest absolute Gasteiger partial charge is 0.466 e. The quantitative estimate of drug-likeness (QED) is 0.736. The van der Waals surface area contributed by atoms with Crippen molar-refractivity contribution in [3.8, 4) is 0 Å². The predicted molar refractivity (Wildman–Crippen MR) is 63.1 cm³/mol. The van der Waals surface area contributed by atoms with Gasteiger partial charge in [-0.3, -0.25) is 4.79 Å². The van der Waals surface area contributed by atoms with Crippen molar-refractivity contribution in [1.29, 1.82) is 0 Å². The molecule has 94 valence electrons. The zero-order valence-electron chi connectivity index (χ0n) is 10.5. The first-order valence-electron chi connectivity index (χ1n) is 6.50. The third kappa shape index (κ3) is 3.48. The molecule has 2 atom stereocenters. The van der Waals surface area contributed by atoms with Gasteiger partial charge >= 0.3 is 5.97 Å². The summed E-state index contributed by atoms with van der Waals surface area (Å²) in [7, 11) is 0. The molecule has 0 aromatic rings. The van der Waals surface area contributed by atoms with Gasteiger partial charge in [0.05, 0.1) is 12.2 Å². The lowest BCUT2D eigenvalue weighted by Crippen LogP contribution is -2.40. The highest BCUT2D eigenvalue weighted by molar-refractivity contribution is 5.69. The summed E-state index contributed by atoms with van der Waals surface area (Å²) >= 11 is 0. The molecule has 1 rings (SSSR count). The standard InChI is InChI=1S/C13H24O3/c1-3-11-7-5-6-9-13(11,15)10-8-12(14)16-4-2/h11,15H,3-10H2,1-2H3. The van der Waals surface area contributed by atoms with Crippen molar-refractivity contribution in [3.05, 3.63) is 0 Å². The van der Waals surface area contributed by atoms with Crippen molar-refractivity contribution in [2.45, 2.75) is 64.4 Å². The van der Waals surface area contributed by atoms with E-state index in [4.69, 9.17) is 4.74 Å². The van der Waals surface area contributed by atoms with E-state index in [0.717, 1.165) is 25.7 Å². The minimum atomic E-state index is -0.625. The molecule has 0 saturated heterocycles. The Kier molecular flexibility index (Phi) is 5.26. The van der Waals surface area contributed by atoms with Crippen LogP contribution in [0.3, 0.4) is 0 Å². The SMILES string of the molecule is CCOC(=O)CCC1(O)CCCCC1CC. The molecule has 0 bridgehead atoms. The van der Waals surface area contributed by atoms with Gasteiger partial charge in [-0.2, -0.15) is 0 Å². The molecule has 0 heterocycles. The molecule has 0 aromatic carbocycles. The van der Waals surface area contributed by atoms with Crippen LogP contribution in [0.5, 0.6) is 0 Å². The monoisotopic (exact) mass is 228 g/mol. The first-order chi connectivity index (χ1) is 7.62. The van der Waals surface area contributed by atoms with Crippen molar-refractivity contribution < 1.29 is 14.6 Å². The molecule has 1 aliphatic carbocycles. The fourth-order valence-corrected chi connectivity index (χ4v) is 2.76. The average Bonchev–Trinajstić information content (AvgIpc) is 2.28. The fraction of sp³-hybridized carbons (Fsp3) is 0.923. The van der Waals surface area contributed by atoms with E-state index < -0.39 is 5.60 Å². The maximum Gasteiger partial charge on any atom is 0.305 e. The molecule has 1 saturated carbocycles. The second kappa shape index (κ2) is 6.24. The molecule has 0 radical (unpaired) electrons. The Balaban J connectivity index is 2.45. The zero-order chi connectivity index (χ0) is 12.0. The van der Waals surface area contributed by atoms with Crippen molar-refractivity contribution in [2.24, 2.45) is 5.92 Å². The summed E-state index contributed by atoms with van der Waals surface area (Å²) in [6, 6.07) is 0. The molecule has 3 nitrogen and oxygen atoms in total.